The van der Waals surface area contributed by atoms with E-state index in [4.69, 9.17) is 4.74 Å². The molecule has 0 bridgehead atoms. The predicted octanol–water partition coefficient (Wildman–Crippen LogP) is 0.259. The molecule has 150 valence electrons. The highest BCUT2D eigenvalue weighted by atomic mass is 19.1. The zero-order valence-electron chi connectivity index (χ0n) is 16.1. The van der Waals surface area contributed by atoms with E-state index in [1.165, 1.54) is 35.9 Å². The van der Waals surface area contributed by atoms with Crippen LogP contribution in [0.5, 0.6) is 5.75 Å². The lowest BCUT2D eigenvalue weighted by Gasteiger charge is -2.36. The Morgan fingerprint density at radius 1 is 1.04 bits per heavy atom. The molecule has 0 N–H and O–H groups in total. The highest BCUT2D eigenvalue weighted by Gasteiger charge is 2.25. The molecule has 0 aliphatic carbocycles. The molecule has 2 heterocycles. The summed E-state index contributed by atoms with van der Waals surface area (Å²) in [4.78, 5) is 40.5. The molecule has 1 aliphatic heterocycles. The number of nitrogens with zero attached hydrogens (tertiary/aromatic N) is 4. The standard InChI is InChI=1S/C19H23FN4O4/c1-13-17(18(26)22(3)19(27)21(13)2)24-10-8-23(9-11-24)16(25)12-28-15-6-4-14(20)5-7-15/h4-7H,8-12H2,1-3H3. The second kappa shape index (κ2) is 7.87. The van der Waals surface area contributed by atoms with Crippen molar-refractivity contribution in [2.24, 2.45) is 14.1 Å². The van der Waals surface area contributed by atoms with Crippen LogP contribution in [0.3, 0.4) is 0 Å². The fraction of sp³-hybridized carbons (Fsp3) is 0.421. The van der Waals surface area contributed by atoms with E-state index in [2.05, 4.69) is 0 Å². The van der Waals surface area contributed by atoms with Crippen LogP contribution in [0.4, 0.5) is 10.1 Å². The van der Waals surface area contributed by atoms with E-state index in [0.29, 0.717) is 43.3 Å². The Hall–Kier alpha value is -3.10. The number of benzene rings is 1. The maximum Gasteiger partial charge on any atom is 0.330 e. The zero-order chi connectivity index (χ0) is 20.4. The normalized spacial score (nSPS) is 14.3. The van der Waals surface area contributed by atoms with Gasteiger partial charge in [-0.05, 0) is 31.2 Å². The van der Waals surface area contributed by atoms with Crippen LogP contribution in [0.25, 0.3) is 0 Å². The van der Waals surface area contributed by atoms with Gasteiger partial charge in [0.05, 0.1) is 0 Å². The number of aromatic nitrogens is 2. The van der Waals surface area contributed by atoms with Gasteiger partial charge in [-0.1, -0.05) is 0 Å². The molecule has 0 unspecified atom stereocenters. The summed E-state index contributed by atoms with van der Waals surface area (Å²) >= 11 is 0. The number of hydrogen-bond donors (Lipinski definition) is 0. The second-order valence-electron chi connectivity index (χ2n) is 6.75. The number of anilines is 1. The lowest BCUT2D eigenvalue weighted by Crippen LogP contribution is -2.52. The third-order valence-electron chi connectivity index (χ3n) is 5.05. The summed E-state index contributed by atoms with van der Waals surface area (Å²) in [6.07, 6.45) is 0. The zero-order valence-corrected chi connectivity index (χ0v) is 16.1. The van der Waals surface area contributed by atoms with E-state index in [0.717, 1.165) is 4.57 Å². The van der Waals surface area contributed by atoms with Gasteiger partial charge in [-0.25, -0.2) is 9.18 Å². The Labute approximate surface area is 161 Å². The SMILES string of the molecule is Cc1c(N2CCN(C(=O)COc3ccc(F)cc3)CC2)c(=O)n(C)c(=O)n1C. The van der Waals surface area contributed by atoms with Gasteiger partial charge in [0.1, 0.15) is 17.3 Å². The van der Waals surface area contributed by atoms with Gasteiger partial charge in [0.15, 0.2) is 6.61 Å². The highest BCUT2D eigenvalue weighted by molar-refractivity contribution is 5.78. The molecule has 1 aromatic heterocycles. The first-order valence-electron chi connectivity index (χ1n) is 8.97. The van der Waals surface area contributed by atoms with Crippen LogP contribution in [-0.2, 0) is 18.9 Å². The van der Waals surface area contributed by atoms with E-state index in [9.17, 15) is 18.8 Å². The lowest BCUT2D eigenvalue weighted by atomic mass is 10.2. The smallest absolute Gasteiger partial charge is 0.330 e. The van der Waals surface area contributed by atoms with Crippen LogP contribution in [0.15, 0.2) is 33.9 Å². The minimum Gasteiger partial charge on any atom is -0.484 e. The van der Waals surface area contributed by atoms with Crippen molar-refractivity contribution < 1.29 is 13.9 Å². The van der Waals surface area contributed by atoms with E-state index in [1.54, 1.807) is 18.9 Å². The van der Waals surface area contributed by atoms with Crippen molar-refractivity contribution in [3.05, 3.63) is 56.6 Å². The summed E-state index contributed by atoms with van der Waals surface area (Å²) in [7, 11) is 3.09. The van der Waals surface area contributed by atoms with E-state index in [-0.39, 0.29) is 29.6 Å². The molecule has 0 radical (unpaired) electrons. The fourth-order valence-electron chi connectivity index (χ4n) is 3.24. The van der Waals surface area contributed by atoms with Crippen LogP contribution in [-0.4, -0.2) is 52.7 Å². The lowest BCUT2D eigenvalue weighted by molar-refractivity contribution is -0.133. The quantitative estimate of drug-likeness (QED) is 0.749. The van der Waals surface area contributed by atoms with Crippen molar-refractivity contribution in [1.82, 2.24) is 14.0 Å². The molecule has 1 aliphatic rings. The third kappa shape index (κ3) is 3.78. The molecule has 0 spiro atoms. The number of hydrogen-bond acceptors (Lipinski definition) is 5. The van der Waals surface area contributed by atoms with Gasteiger partial charge in [-0.15, -0.1) is 0 Å². The van der Waals surface area contributed by atoms with Gasteiger partial charge in [0.2, 0.25) is 0 Å². The van der Waals surface area contributed by atoms with Gasteiger partial charge in [-0.2, -0.15) is 0 Å². The first kappa shape index (κ1) is 19.7. The topological polar surface area (TPSA) is 76.8 Å². The molecule has 1 saturated heterocycles. The number of halogens is 1. The number of carbonyl (C=O) groups is 1. The van der Waals surface area contributed by atoms with Crippen LogP contribution >= 0.6 is 0 Å². The summed E-state index contributed by atoms with van der Waals surface area (Å²) in [5, 5.41) is 0. The molecule has 9 heteroatoms. The summed E-state index contributed by atoms with van der Waals surface area (Å²) in [5.74, 6) is -0.110. The van der Waals surface area contributed by atoms with Gasteiger partial charge in [0.25, 0.3) is 11.5 Å². The van der Waals surface area contributed by atoms with Crippen molar-refractivity contribution in [3.8, 4) is 5.75 Å². The summed E-state index contributed by atoms with van der Waals surface area (Å²) in [6, 6.07) is 5.49. The molecule has 1 fully saturated rings. The van der Waals surface area contributed by atoms with E-state index in [1.807, 2.05) is 4.90 Å². The third-order valence-corrected chi connectivity index (χ3v) is 5.05. The number of ether oxygens (including phenoxy) is 1. The molecule has 1 aromatic carbocycles. The van der Waals surface area contributed by atoms with Crippen molar-refractivity contribution in [3.63, 3.8) is 0 Å². The average Bonchev–Trinajstić information content (AvgIpc) is 2.71. The molecule has 8 nitrogen and oxygen atoms in total. The average molecular weight is 390 g/mol. The van der Waals surface area contributed by atoms with Crippen molar-refractivity contribution >= 4 is 11.6 Å². The Morgan fingerprint density at radius 3 is 2.25 bits per heavy atom. The van der Waals surface area contributed by atoms with Crippen LogP contribution in [0, 0.1) is 12.7 Å². The number of amides is 1. The Morgan fingerprint density at radius 2 is 1.64 bits per heavy atom. The number of rotatable bonds is 4. The number of piperazine rings is 1. The van der Waals surface area contributed by atoms with Crippen LogP contribution in [0.1, 0.15) is 5.69 Å². The largest absolute Gasteiger partial charge is 0.484 e. The maximum absolute atomic E-state index is 12.9. The van der Waals surface area contributed by atoms with E-state index >= 15 is 0 Å². The van der Waals surface area contributed by atoms with Gasteiger partial charge < -0.3 is 14.5 Å². The van der Waals surface area contributed by atoms with Gasteiger partial charge >= 0.3 is 5.69 Å². The predicted molar refractivity (Wildman–Crippen MR) is 102 cm³/mol. The second-order valence-corrected chi connectivity index (χ2v) is 6.75. The summed E-state index contributed by atoms with van der Waals surface area (Å²) in [5.41, 5.74) is 0.393. The minimum atomic E-state index is -0.366. The fourth-order valence-corrected chi connectivity index (χ4v) is 3.24. The van der Waals surface area contributed by atoms with Crippen molar-refractivity contribution in [1.29, 1.82) is 0 Å². The molecule has 28 heavy (non-hydrogen) atoms. The molecule has 0 atom stereocenters. The molecule has 1 amide bonds. The molecule has 3 rings (SSSR count). The summed E-state index contributed by atoms with van der Waals surface area (Å²) < 4.78 is 20.9. The summed E-state index contributed by atoms with van der Waals surface area (Å²) in [6.45, 7) is 3.46. The maximum atomic E-state index is 12.9. The highest BCUT2D eigenvalue weighted by Crippen LogP contribution is 2.16. The van der Waals surface area contributed by atoms with Crippen LogP contribution in [0.2, 0.25) is 0 Å². The Kier molecular flexibility index (Phi) is 5.53. The minimum absolute atomic E-state index is 0.133. The molecular weight excluding hydrogens is 367 g/mol. The first-order valence-corrected chi connectivity index (χ1v) is 8.97. The van der Waals surface area contributed by atoms with Gasteiger partial charge in [0, 0.05) is 46.0 Å². The molecule has 0 saturated carbocycles. The van der Waals surface area contributed by atoms with Crippen molar-refractivity contribution in [2.45, 2.75) is 6.92 Å². The molecule has 2 aromatic rings. The van der Waals surface area contributed by atoms with Crippen molar-refractivity contribution in [2.75, 3.05) is 37.7 Å². The van der Waals surface area contributed by atoms with E-state index < -0.39 is 0 Å². The molecular formula is C19H23FN4O4. The number of carbonyl (C=O) groups excluding carboxylic acids is 1. The van der Waals surface area contributed by atoms with Gasteiger partial charge in [-0.3, -0.25) is 18.7 Å². The first-order chi connectivity index (χ1) is 13.3. The van der Waals surface area contributed by atoms with Crippen LogP contribution < -0.4 is 20.9 Å². The monoisotopic (exact) mass is 390 g/mol. The Bertz CT molecular complexity index is 989. The Balaban J connectivity index is 1.63.